The summed E-state index contributed by atoms with van der Waals surface area (Å²) in [6.45, 7) is 1.41. The van der Waals surface area contributed by atoms with Crippen molar-refractivity contribution in [3.05, 3.63) is 104 Å². The van der Waals surface area contributed by atoms with Crippen molar-refractivity contribution in [1.29, 1.82) is 0 Å². The van der Waals surface area contributed by atoms with Crippen molar-refractivity contribution in [2.24, 2.45) is 0 Å². The molecular formula is C31H29Cl2F2NO6. The fourth-order valence-corrected chi connectivity index (χ4v) is 6.33. The van der Waals surface area contributed by atoms with Gasteiger partial charge in [0.05, 0.1) is 23.6 Å². The summed E-state index contributed by atoms with van der Waals surface area (Å²) < 4.78 is 43.8. The molecule has 5 rings (SSSR count). The predicted octanol–water partition coefficient (Wildman–Crippen LogP) is 6.38. The van der Waals surface area contributed by atoms with Crippen molar-refractivity contribution in [3.63, 3.8) is 0 Å². The molecule has 1 amide bonds. The predicted molar refractivity (Wildman–Crippen MR) is 152 cm³/mol. The van der Waals surface area contributed by atoms with Crippen LogP contribution in [0.25, 0.3) is 0 Å². The van der Waals surface area contributed by atoms with Gasteiger partial charge < -0.3 is 19.7 Å². The van der Waals surface area contributed by atoms with E-state index in [0.29, 0.717) is 21.2 Å². The molecule has 3 atom stereocenters. The number of carbonyl (C=O) groups is 2. The molecule has 0 radical (unpaired) electrons. The van der Waals surface area contributed by atoms with Crippen molar-refractivity contribution in [2.75, 3.05) is 20.3 Å². The highest BCUT2D eigenvalue weighted by atomic mass is 35.5. The number of aliphatic hydroxyl groups is 1. The summed E-state index contributed by atoms with van der Waals surface area (Å²) in [5, 5.41) is 22.2. The fraction of sp³-hybridized carbons (Fsp3) is 0.355. The zero-order valence-electron chi connectivity index (χ0n) is 22.9. The van der Waals surface area contributed by atoms with Crippen molar-refractivity contribution in [3.8, 4) is 0 Å². The fourth-order valence-electron chi connectivity index (χ4n) is 6.08. The van der Waals surface area contributed by atoms with Crippen molar-refractivity contribution >= 4 is 35.1 Å². The number of ether oxygens (including phenoxy) is 2. The Bertz CT molecular complexity index is 1510. The first-order valence-electron chi connectivity index (χ1n) is 13.3. The van der Waals surface area contributed by atoms with Gasteiger partial charge in [-0.3, -0.25) is 14.5 Å². The number of carbonyl (C=O) groups excluding carboxylic acids is 1. The highest BCUT2D eigenvalue weighted by Gasteiger charge is 2.58. The number of carboxylic acid groups (broad SMARTS) is 1. The van der Waals surface area contributed by atoms with Crippen LogP contribution in [-0.2, 0) is 25.6 Å². The Labute approximate surface area is 251 Å². The summed E-state index contributed by atoms with van der Waals surface area (Å²) >= 11 is 12.2. The minimum Gasteiger partial charge on any atom is -0.481 e. The maximum Gasteiger partial charge on any atom is 0.305 e. The SMILES string of the molecule is CO[C@]1(c2ccc(Cl)cc2)c2c(F)cc(C(C)(O)C3(F)CCOCC3)cc2C(=O)N1[C@@H](CC(=O)O)c1ccc(Cl)cc1. The van der Waals surface area contributed by atoms with Crippen LogP contribution >= 0.6 is 23.2 Å². The molecule has 0 spiro atoms. The van der Waals surface area contributed by atoms with Gasteiger partial charge in [0, 0.05) is 48.8 Å². The molecule has 3 aromatic carbocycles. The normalized spacial score (nSPS) is 22.0. The van der Waals surface area contributed by atoms with Gasteiger partial charge in [-0.1, -0.05) is 47.5 Å². The second-order valence-corrected chi connectivity index (χ2v) is 11.6. The number of aliphatic carboxylic acids is 1. The second-order valence-electron chi connectivity index (χ2n) is 10.7. The smallest absolute Gasteiger partial charge is 0.305 e. The Kier molecular flexibility index (Phi) is 8.10. The molecule has 42 heavy (non-hydrogen) atoms. The molecule has 11 heteroatoms. The third-order valence-electron chi connectivity index (χ3n) is 8.40. The highest BCUT2D eigenvalue weighted by Crippen LogP contribution is 2.53. The first kappa shape index (κ1) is 30.4. The largest absolute Gasteiger partial charge is 0.481 e. The zero-order chi connectivity index (χ0) is 30.4. The van der Waals surface area contributed by atoms with Gasteiger partial charge in [-0.05, 0) is 54.4 Å². The molecule has 2 heterocycles. The molecule has 2 N–H and O–H groups in total. The van der Waals surface area contributed by atoms with Crippen LogP contribution in [0.5, 0.6) is 0 Å². The average molecular weight is 620 g/mol. The number of carboxylic acids is 1. The molecule has 222 valence electrons. The Morgan fingerprint density at radius 1 is 1.10 bits per heavy atom. The topological polar surface area (TPSA) is 96.3 Å². The summed E-state index contributed by atoms with van der Waals surface area (Å²) in [4.78, 5) is 27.7. The van der Waals surface area contributed by atoms with E-state index in [1.165, 1.54) is 25.0 Å². The van der Waals surface area contributed by atoms with Crippen LogP contribution in [-0.4, -0.2) is 53.0 Å². The van der Waals surface area contributed by atoms with Gasteiger partial charge >= 0.3 is 5.97 Å². The molecule has 1 fully saturated rings. The van der Waals surface area contributed by atoms with Gasteiger partial charge in [0.25, 0.3) is 5.91 Å². The molecule has 1 saturated heterocycles. The Morgan fingerprint density at radius 3 is 2.21 bits per heavy atom. The second kappa shape index (κ2) is 11.2. The van der Waals surface area contributed by atoms with E-state index in [0.717, 1.165) is 6.07 Å². The minimum absolute atomic E-state index is 0.0775. The van der Waals surface area contributed by atoms with Gasteiger partial charge in [0.2, 0.25) is 0 Å². The maximum absolute atomic E-state index is 16.5. The molecule has 0 aromatic heterocycles. The Hall–Kier alpha value is -3.08. The number of methoxy groups -OCH3 is 1. The van der Waals surface area contributed by atoms with Gasteiger partial charge in [-0.15, -0.1) is 0 Å². The number of nitrogens with zero attached hydrogens (tertiary/aromatic N) is 1. The Balaban J connectivity index is 1.77. The molecule has 0 aliphatic carbocycles. The molecular weight excluding hydrogens is 591 g/mol. The molecule has 1 unspecified atom stereocenters. The lowest BCUT2D eigenvalue weighted by atomic mass is 9.75. The number of halogens is 4. The number of rotatable bonds is 8. The zero-order valence-corrected chi connectivity index (χ0v) is 24.4. The number of fused-ring (bicyclic) bond motifs is 1. The molecule has 3 aromatic rings. The van der Waals surface area contributed by atoms with E-state index >= 15 is 8.78 Å². The number of hydrogen-bond acceptors (Lipinski definition) is 5. The number of amides is 1. The van der Waals surface area contributed by atoms with Crippen molar-refractivity contribution < 1.29 is 38.1 Å². The van der Waals surface area contributed by atoms with E-state index < -0.39 is 47.2 Å². The lowest BCUT2D eigenvalue weighted by Gasteiger charge is -2.43. The first-order valence-corrected chi connectivity index (χ1v) is 14.1. The molecule has 0 bridgehead atoms. The lowest BCUT2D eigenvalue weighted by molar-refractivity contribution is -0.143. The minimum atomic E-state index is -2.17. The van der Waals surface area contributed by atoms with Crippen LogP contribution in [0.3, 0.4) is 0 Å². The standard InChI is InChI=1S/C31H29Cl2F2NO6/c1-29(40,30(35)11-13-42-14-12-30)20-15-23-27(24(34)16-20)31(41-2,19-5-9-22(33)10-6-19)36(28(23)39)25(17-26(37)38)18-3-7-21(32)8-4-18/h3-10,15-16,25,40H,11-14,17H2,1-2H3,(H,37,38)/t25-,29?,31+/m0/s1. The maximum atomic E-state index is 16.5. The summed E-state index contributed by atoms with van der Waals surface area (Å²) in [5.74, 6) is -2.92. The Morgan fingerprint density at radius 2 is 1.67 bits per heavy atom. The summed E-state index contributed by atoms with van der Waals surface area (Å²) in [6.07, 6.45) is -0.800. The van der Waals surface area contributed by atoms with E-state index in [1.54, 1.807) is 48.5 Å². The molecule has 2 aliphatic rings. The first-order chi connectivity index (χ1) is 19.9. The van der Waals surface area contributed by atoms with Crippen LogP contribution in [0.4, 0.5) is 8.78 Å². The van der Waals surface area contributed by atoms with Crippen molar-refractivity contribution in [1.82, 2.24) is 4.90 Å². The molecule has 7 nitrogen and oxygen atoms in total. The van der Waals surface area contributed by atoms with Crippen LogP contribution < -0.4 is 0 Å². The van der Waals surface area contributed by atoms with Gasteiger partial charge in [0.1, 0.15) is 17.1 Å². The van der Waals surface area contributed by atoms with E-state index in [2.05, 4.69) is 0 Å². The summed E-state index contributed by atoms with van der Waals surface area (Å²) in [5.41, 5.74) is -6.07. The lowest BCUT2D eigenvalue weighted by Crippen LogP contribution is -2.50. The highest BCUT2D eigenvalue weighted by molar-refractivity contribution is 6.30. The number of hydrogen-bond donors (Lipinski definition) is 2. The molecule has 2 aliphatic heterocycles. The van der Waals surface area contributed by atoms with Gasteiger partial charge in [-0.2, -0.15) is 0 Å². The third kappa shape index (κ3) is 4.87. The van der Waals surface area contributed by atoms with E-state index in [4.69, 9.17) is 32.7 Å². The monoisotopic (exact) mass is 619 g/mol. The van der Waals surface area contributed by atoms with Crippen LogP contribution in [0.15, 0.2) is 60.7 Å². The summed E-state index contributed by atoms with van der Waals surface area (Å²) in [6, 6.07) is 13.6. The third-order valence-corrected chi connectivity index (χ3v) is 8.91. The number of benzene rings is 3. The van der Waals surface area contributed by atoms with Crippen molar-refractivity contribution in [2.45, 2.75) is 49.2 Å². The van der Waals surface area contributed by atoms with Crippen LogP contribution in [0, 0.1) is 5.82 Å². The quantitative estimate of drug-likeness (QED) is 0.304. The van der Waals surface area contributed by atoms with Gasteiger partial charge in [-0.25, -0.2) is 8.78 Å². The van der Waals surface area contributed by atoms with Crippen LogP contribution in [0.2, 0.25) is 10.0 Å². The van der Waals surface area contributed by atoms with E-state index in [9.17, 15) is 19.8 Å². The van der Waals surface area contributed by atoms with E-state index in [-0.39, 0.29) is 42.7 Å². The number of alkyl halides is 1. The van der Waals surface area contributed by atoms with E-state index in [1.807, 2.05) is 0 Å². The molecule has 0 saturated carbocycles. The average Bonchev–Trinajstić information content (AvgIpc) is 3.21. The summed E-state index contributed by atoms with van der Waals surface area (Å²) in [7, 11) is 1.28. The van der Waals surface area contributed by atoms with Gasteiger partial charge in [0.15, 0.2) is 5.72 Å². The van der Waals surface area contributed by atoms with Crippen LogP contribution in [0.1, 0.15) is 64.8 Å².